The summed E-state index contributed by atoms with van der Waals surface area (Å²) in [5.74, 6) is 0.553. The molecule has 1 aromatic carbocycles. The fourth-order valence-electron chi connectivity index (χ4n) is 2.40. The first-order chi connectivity index (χ1) is 11.3. The lowest BCUT2D eigenvalue weighted by Crippen LogP contribution is -2.35. The number of nitrogens with zero attached hydrogens (tertiary/aromatic N) is 2. The highest BCUT2D eigenvalue weighted by Crippen LogP contribution is 2.17. The maximum atomic E-state index is 11.9. The largest absolute Gasteiger partial charge is 0.468 e. The summed E-state index contributed by atoms with van der Waals surface area (Å²) in [6.07, 6.45) is 1.43. The van der Waals surface area contributed by atoms with Gasteiger partial charge in [0.25, 0.3) is 0 Å². The molecule has 0 radical (unpaired) electrons. The average molecular weight is 331 g/mol. The van der Waals surface area contributed by atoms with E-state index in [-0.39, 0.29) is 18.4 Å². The number of imidazole rings is 1. The van der Waals surface area contributed by atoms with Gasteiger partial charge in [0.05, 0.1) is 18.1 Å². The van der Waals surface area contributed by atoms with Gasteiger partial charge in [0.2, 0.25) is 5.91 Å². The lowest BCUT2D eigenvalue weighted by molar-refractivity contribution is -0.141. The number of amides is 1. The van der Waals surface area contributed by atoms with E-state index in [1.54, 1.807) is 0 Å². The fourth-order valence-corrected chi connectivity index (χ4v) is 2.40. The minimum atomic E-state index is -0.391. The molecule has 0 unspecified atom stereocenters. The summed E-state index contributed by atoms with van der Waals surface area (Å²) in [5.41, 5.74) is 1.38. The minimum Gasteiger partial charge on any atom is -0.468 e. The molecule has 24 heavy (non-hydrogen) atoms. The van der Waals surface area contributed by atoms with E-state index in [1.807, 2.05) is 49.6 Å². The van der Waals surface area contributed by atoms with Gasteiger partial charge in [-0.25, -0.2) is 4.98 Å². The van der Waals surface area contributed by atoms with E-state index >= 15 is 0 Å². The van der Waals surface area contributed by atoms with Gasteiger partial charge < -0.3 is 14.6 Å². The van der Waals surface area contributed by atoms with Crippen LogP contribution in [0, 0.1) is 5.41 Å². The first-order valence-electron chi connectivity index (χ1n) is 8.12. The van der Waals surface area contributed by atoms with Gasteiger partial charge in [-0.05, 0) is 18.6 Å². The van der Waals surface area contributed by atoms with Crippen molar-refractivity contribution in [1.29, 1.82) is 0 Å². The van der Waals surface area contributed by atoms with Crippen LogP contribution in [0.1, 0.15) is 33.0 Å². The molecule has 2 rings (SSSR count). The van der Waals surface area contributed by atoms with Crippen LogP contribution in [0.25, 0.3) is 11.0 Å². The van der Waals surface area contributed by atoms with Crippen LogP contribution in [0.2, 0.25) is 0 Å². The van der Waals surface area contributed by atoms with Crippen molar-refractivity contribution in [3.63, 3.8) is 0 Å². The number of benzene rings is 1. The number of carbonyl (C=O) groups excluding carboxylic acids is 2. The van der Waals surface area contributed by atoms with E-state index in [9.17, 15) is 9.59 Å². The molecule has 6 heteroatoms. The van der Waals surface area contributed by atoms with Gasteiger partial charge in [0, 0.05) is 18.4 Å². The highest BCUT2D eigenvalue weighted by atomic mass is 16.5. The Kier molecular flexibility index (Phi) is 5.59. The van der Waals surface area contributed by atoms with Crippen LogP contribution in [-0.2, 0) is 27.3 Å². The molecular formula is C18H25N3O3. The third-order valence-electron chi connectivity index (χ3n) is 3.79. The molecule has 0 spiro atoms. The Morgan fingerprint density at radius 1 is 1.25 bits per heavy atom. The number of aryl methyl sites for hydroxylation is 1. The van der Waals surface area contributed by atoms with Crippen molar-refractivity contribution < 1.29 is 14.3 Å². The van der Waals surface area contributed by atoms with Gasteiger partial charge in [-0.15, -0.1) is 0 Å². The van der Waals surface area contributed by atoms with E-state index in [0.717, 1.165) is 23.3 Å². The van der Waals surface area contributed by atoms with Gasteiger partial charge >= 0.3 is 5.97 Å². The SMILES string of the molecule is COC(=O)Cn1c(CCCNC(=O)C(C)(C)C)nc2ccccc21. The predicted octanol–water partition coefficient (Wildman–Crippen LogP) is 2.30. The van der Waals surface area contributed by atoms with Crippen LogP contribution >= 0.6 is 0 Å². The number of hydrogen-bond donors (Lipinski definition) is 1. The zero-order chi connectivity index (χ0) is 17.7. The van der Waals surface area contributed by atoms with E-state index in [4.69, 9.17) is 4.74 Å². The Balaban J connectivity index is 2.06. The Bertz CT molecular complexity index is 729. The summed E-state index contributed by atoms with van der Waals surface area (Å²) < 4.78 is 6.66. The van der Waals surface area contributed by atoms with Crippen molar-refractivity contribution >= 4 is 22.9 Å². The first kappa shape index (κ1) is 18.0. The number of methoxy groups -OCH3 is 1. The van der Waals surface area contributed by atoms with Gasteiger partial charge in [-0.3, -0.25) is 9.59 Å². The van der Waals surface area contributed by atoms with Gasteiger partial charge in [-0.1, -0.05) is 32.9 Å². The van der Waals surface area contributed by atoms with Crippen LogP contribution in [0.3, 0.4) is 0 Å². The molecule has 0 saturated carbocycles. The van der Waals surface area contributed by atoms with Crippen molar-refractivity contribution in [3.8, 4) is 0 Å². The third kappa shape index (κ3) is 4.34. The maximum Gasteiger partial charge on any atom is 0.325 e. The second kappa shape index (κ2) is 7.47. The molecule has 0 aliphatic heterocycles. The molecule has 0 fully saturated rings. The number of hydrogen-bond acceptors (Lipinski definition) is 4. The van der Waals surface area contributed by atoms with E-state index < -0.39 is 5.41 Å². The zero-order valence-corrected chi connectivity index (χ0v) is 14.8. The Morgan fingerprint density at radius 2 is 1.96 bits per heavy atom. The number of nitrogens with one attached hydrogen (secondary N) is 1. The molecule has 0 bridgehead atoms. The molecule has 1 heterocycles. The quantitative estimate of drug-likeness (QED) is 0.651. The van der Waals surface area contributed by atoms with Crippen molar-refractivity contribution in [3.05, 3.63) is 30.1 Å². The molecular weight excluding hydrogens is 306 g/mol. The summed E-state index contributed by atoms with van der Waals surface area (Å²) >= 11 is 0. The molecule has 1 amide bonds. The highest BCUT2D eigenvalue weighted by Gasteiger charge is 2.20. The molecule has 0 aliphatic carbocycles. The van der Waals surface area contributed by atoms with Crippen LogP contribution in [0.15, 0.2) is 24.3 Å². The van der Waals surface area contributed by atoms with Crippen LogP contribution in [0.4, 0.5) is 0 Å². The smallest absolute Gasteiger partial charge is 0.325 e. The molecule has 130 valence electrons. The standard InChI is InChI=1S/C18H25N3O3/c1-18(2,3)17(23)19-11-7-10-15-20-13-8-5-6-9-14(13)21(15)12-16(22)24-4/h5-6,8-9H,7,10-12H2,1-4H3,(H,19,23). The molecule has 2 aromatic rings. The Hall–Kier alpha value is -2.37. The van der Waals surface area contributed by atoms with Crippen molar-refractivity contribution in [1.82, 2.24) is 14.9 Å². The number of aromatic nitrogens is 2. The summed E-state index contributed by atoms with van der Waals surface area (Å²) in [5, 5.41) is 2.93. The molecule has 0 aliphatic rings. The highest BCUT2D eigenvalue weighted by molar-refractivity contribution is 5.81. The van der Waals surface area contributed by atoms with Crippen molar-refractivity contribution in [2.75, 3.05) is 13.7 Å². The molecule has 1 N–H and O–H groups in total. The monoisotopic (exact) mass is 331 g/mol. The van der Waals surface area contributed by atoms with Crippen LogP contribution in [0.5, 0.6) is 0 Å². The normalized spacial score (nSPS) is 11.5. The molecule has 1 aromatic heterocycles. The average Bonchev–Trinajstić information content (AvgIpc) is 2.88. The second-order valence-corrected chi connectivity index (χ2v) is 6.79. The zero-order valence-electron chi connectivity index (χ0n) is 14.8. The number of esters is 1. The fraction of sp³-hybridized carbons (Fsp3) is 0.500. The minimum absolute atomic E-state index is 0.0329. The number of rotatable bonds is 6. The van der Waals surface area contributed by atoms with Crippen molar-refractivity contribution in [2.45, 2.75) is 40.2 Å². The molecule has 6 nitrogen and oxygen atoms in total. The topological polar surface area (TPSA) is 73.2 Å². The number of ether oxygens (including phenoxy) is 1. The van der Waals surface area contributed by atoms with E-state index in [1.165, 1.54) is 7.11 Å². The van der Waals surface area contributed by atoms with Gasteiger partial charge in [-0.2, -0.15) is 0 Å². The predicted molar refractivity (Wildman–Crippen MR) is 92.5 cm³/mol. The van der Waals surface area contributed by atoms with Gasteiger partial charge in [0.15, 0.2) is 0 Å². The third-order valence-corrected chi connectivity index (χ3v) is 3.79. The molecule has 0 atom stereocenters. The van der Waals surface area contributed by atoms with Crippen LogP contribution in [-0.4, -0.2) is 35.1 Å². The lowest BCUT2D eigenvalue weighted by Gasteiger charge is -2.17. The van der Waals surface area contributed by atoms with Crippen molar-refractivity contribution in [2.24, 2.45) is 5.41 Å². The van der Waals surface area contributed by atoms with E-state index in [0.29, 0.717) is 13.0 Å². The van der Waals surface area contributed by atoms with Gasteiger partial charge in [0.1, 0.15) is 12.4 Å². The first-order valence-corrected chi connectivity index (χ1v) is 8.12. The van der Waals surface area contributed by atoms with E-state index in [2.05, 4.69) is 10.3 Å². The number of carbonyl (C=O) groups is 2. The number of fused-ring (bicyclic) bond motifs is 1. The summed E-state index contributed by atoms with van der Waals surface area (Å²) in [6, 6.07) is 7.71. The Morgan fingerprint density at radius 3 is 2.62 bits per heavy atom. The second-order valence-electron chi connectivity index (χ2n) is 6.79. The maximum absolute atomic E-state index is 11.9. The summed E-state index contributed by atoms with van der Waals surface area (Å²) in [7, 11) is 1.38. The Labute approximate surface area is 142 Å². The summed E-state index contributed by atoms with van der Waals surface area (Å²) in [6.45, 7) is 6.38. The lowest BCUT2D eigenvalue weighted by atomic mass is 9.96. The summed E-state index contributed by atoms with van der Waals surface area (Å²) in [4.78, 5) is 28.2. The molecule has 0 saturated heterocycles. The number of para-hydroxylation sites is 2. The van der Waals surface area contributed by atoms with Crippen LogP contribution < -0.4 is 5.32 Å².